The van der Waals surface area contributed by atoms with Crippen LogP contribution in [0.5, 0.6) is 0 Å². The number of halogens is 3. The molecule has 37 heavy (non-hydrogen) atoms. The van der Waals surface area contributed by atoms with Crippen molar-refractivity contribution in [1.29, 1.82) is 0 Å². The predicted molar refractivity (Wildman–Crippen MR) is 138 cm³/mol. The van der Waals surface area contributed by atoms with Crippen molar-refractivity contribution in [3.05, 3.63) is 105 Å². The number of fused-ring (bicyclic) bond motifs is 4. The summed E-state index contributed by atoms with van der Waals surface area (Å²) in [5.74, 6) is -0.638. The zero-order chi connectivity index (χ0) is 25.9. The molecule has 1 aromatic heterocycles. The second kappa shape index (κ2) is 8.68. The van der Waals surface area contributed by atoms with E-state index in [4.69, 9.17) is 23.2 Å². The van der Waals surface area contributed by atoms with E-state index in [1.165, 1.54) is 12.1 Å². The molecule has 0 radical (unpaired) electrons. The minimum Gasteiger partial charge on any atom is -0.309 e. The van der Waals surface area contributed by atoms with Crippen molar-refractivity contribution in [2.45, 2.75) is 31.3 Å². The van der Waals surface area contributed by atoms with Crippen LogP contribution in [-0.2, 0) is 21.5 Å². The van der Waals surface area contributed by atoms with Crippen molar-refractivity contribution in [2.24, 2.45) is 0 Å². The third-order valence-corrected chi connectivity index (χ3v) is 7.56. The number of rotatable bonds is 4. The van der Waals surface area contributed by atoms with E-state index in [1.54, 1.807) is 52.0 Å². The fourth-order valence-electron chi connectivity index (χ4n) is 5.22. The van der Waals surface area contributed by atoms with Gasteiger partial charge in [-0.2, -0.15) is 0 Å². The Labute approximate surface area is 221 Å². The van der Waals surface area contributed by atoms with Crippen LogP contribution in [0, 0.1) is 5.82 Å². The van der Waals surface area contributed by atoms with E-state index in [9.17, 15) is 14.0 Å². The van der Waals surface area contributed by atoms with Crippen LogP contribution in [-0.4, -0.2) is 26.8 Å². The van der Waals surface area contributed by atoms with Crippen molar-refractivity contribution in [1.82, 2.24) is 15.0 Å². The number of benzene rings is 3. The van der Waals surface area contributed by atoms with Gasteiger partial charge in [-0.05, 0) is 66.1 Å². The zero-order valence-corrected chi connectivity index (χ0v) is 21.1. The van der Waals surface area contributed by atoms with Crippen molar-refractivity contribution < 1.29 is 14.0 Å². The van der Waals surface area contributed by atoms with Crippen LogP contribution >= 0.6 is 23.2 Å². The van der Waals surface area contributed by atoms with E-state index in [0.717, 1.165) is 11.1 Å². The summed E-state index contributed by atoms with van der Waals surface area (Å²) in [6, 6.07) is 18.2. The van der Waals surface area contributed by atoms with Crippen LogP contribution in [0.25, 0.3) is 0 Å². The largest absolute Gasteiger partial charge is 0.309 e. The highest BCUT2D eigenvalue weighted by atomic mass is 35.5. The number of nitrogens with zero attached hydrogens (tertiary/aromatic N) is 4. The molecule has 2 amide bonds. The van der Waals surface area contributed by atoms with Crippen molar-refractivity contribution in [3.8, 4) is 0 Å². The summed E-state index contributed by atoms with van der Waals surface area (Å²) >= 11 is 12.4. The lowest BCUT2D eigenvalue weighted by Gasteiger charge is -2.31. The topological polar surface area (TPSA) is 80.1 Å². The fraction of sp³-hybridized carbons (Fsp3) is 0.185. The third kappa shape index (κ3) is 3.70. The van der Waals surface area contributed by atoms with Gasteiger partial charge in [0.15, 0.2) is 5.82 Å². The first-order chi connectivity index (χ1) is 17.8. The molecule has 186 valence electrons. The lowest BCUT2D eigenvalue weighted by atomic mass is 9.73. The molecule has 1 spiro atoms. The predicted octanol–water partition coefficient (Wildman–Crippen LogP) is 5.51. The average molecular weight is 536 g/mol. The molecule has 2 atom stereocenters. The number of carbonyl (C=O) groups excluding carboxylic acids is 2. The minimum atomic E-state index is -1.39. The molecule has 0 fully saturated rings. The first-order valence-corrected chi connectivity index (χ1v) is 12.4. The molecule has 2 aliphatic rings. The molecule has 4 aromatic rings. The van der Waals surface area contributed by atoms with Crippen molar-refractivity contribution in [2.75, 3.05) is 10.2 Å². The number of carbonyl (C=O) groups is 2. The van der Waals surface area contributed by atoms with Gasteiger partial charge in [-0.15, -0.1) is 5.10 Å². The SMILES string of the molecule is CC(c1ccc(Cl)cc1)n1nnc2c1NC(=O)C[C@]21C(=O)N(Cc2ccc(F)cc2)c2ccc(Cl)cc21. The Morgan fingerprint density at radius 3 is 2.46 bits per heavy atom. The van der Waals surface area contributed by atoms with Crippen LogP contribution < -0.4 is 10.2 Å². The standard InChI is InChI=1S/C27H20Cl2FN5O2/c1-15(17-4-6-18(28)7-5-17)35-25-24(32-33-35)27(13-23(36)31-25)21-12-19(29)8-11-22(21)34(26(27)37)14-16-2-9-20(30)10-3-16/h2-12,15H,13-14H2,1H3,(H,31,36)/t15?,27-/m1/s1. The molecule has 6 rings (SSSR count). The first kappa shape index (κ1) is 23.6. The molecule has 0 bridgehead atoms. The zero-order valence-electron chi connectivity index (χ0n) is 19.6. The Bertz CT molecular complexity index is 1550. The summed E-state index contributed by atoms with van der Waals surface area (Å²) in [7, 11) is 0. The molecule has 0 saturated carbocycles. The molecular weight excluding hydrogens is 516 g/mol. The summed E-state index contributed by atoms with van der Waals surface area (Å²) in [5.41, 5.74) is 1.84. The Morgan fingerprint density at radius 1 is 1.03 bits per heavy atom. The van der Waals surface area contributed by atoms with E-state index < -0.39 is 5.41 Å². The van der Waals surface area contributed by atoms with Gasteiger partial charge in [0.1, 0.15) is 16.9 Å². The lowest BCUT2D eigenvalue weighted by molar-refractivity contribution is -0.126. The van der Waals surface area contributed by atoms with E-state index in [-0.39, 0.29) is 36.6 Å². The maximum atomic E-state index is 14.3. The molecule has 3 aromatic carbocycles. The summed E-state index contributed by atoms with van der Waals surface area (Å²) in [6.07, 6.45) is -0.139. The highest BCUT2D eigenvalue weighted by Gasteiger charge is 2.58. The van der Waals surface area contributed by atoms with Gasteiger partial charge in [-0.1, -0.05) is 52.7 Å². The van der Waals surface area contributed by atoms with E-state index in [2.05, 4.69) is 15.6 Å². The Morgan fingerprint density at radius 2 is 1.73 bits per heavy atom. The molecule has 1 N–H and O–H groups in total. The summed E-state index contributed by atoms with van der Waals surface area (Å²) in [5, 5.41) is 12.8. The second-order valence-corrected chi connectivity index (χ2v) is 10.1. The van der Waals surface area contributed by atoms with Gasteiger partial charge in [0.25, 0.3) is 0 Å². The number of aromatic nitrogens is 3. The average Bonchev–Trinajstić information content (AvgIpc) is 3.39. The van der Waals surface area contributed by atoms with Gasteiger partial charge in [-0.3, -0.25) is 9.59 Å². The van der Waals surface area contributed by atoms with Crippen LogP contribution in [0.3, 0.4) is 0 Å². The second-order valence-electron chi connectivity index (χ2n) is 9.27. The smallest absolute Gasteiger partial charge is 0.244 e. The van der Waals surface area contributed by atoms with Gasteiger partial charge in [0, 0.05) is 15.7 Å². The summed E-state index contributed by atoms with van der Waals surface area (Å²) in [4.78, 5) is 29.0. The fourth-order valence-corrected chi connectivity index (χ4v) is 5.52. The Hall–Kier alpha value is -3.75. The highest BCUT2D eigenvalue weighted by molar-refractivity contribution is 6.31. The number of nitrogens with one attached hydrogen (secondary N) is 1. The van der Waals surface area contributed by atoms with Gasteiger partial charge in [-0.25, -0.2) is 9.07 Å². The molecule has 7 nitrogen and oxygen atoms in total. The Balaban J connectivity index is 1.49. The molecule has 1 unspecified atom stereocenters. The monoisotopic (exact) mass is 535 g/mol. The lowest BCUT2D eigenvalue weighted by Crippen LogP contribution is -2.47. The molecule has 0 saturated heterocycles. The minimum absolute atomic E-state index is 0.139. The summed E-state index contributed by atoms with van der Waals surface area (Å²) < 4.78 is 15.1. The highest BCUT2D eigenvalue weighted by Crippen LogP contribution is 2.52. The number of hydrogen-bond donors (Lipinski definition) is 1. The maximum absolute atomic E-state index is 14.3. The van der Waals surface area contributed by atoms with Gasteiger partial charge in [0.05, 0.1) is 19.0 Å². The van der Waals surface area contributed by atoms with E-state index >= 15 is 0 Å². The molecule has 10 heteroatoms. The molecule has 0 aliphatic carbocycles. The first-order valence-electron chi connectivity index (χ1n) is 11.7. The summed E-state index contributed by atoms with van der Waals surface area (Å²) in [6.45, 7) is 2.12. The number of amides is 2. The third-order valence-electron chi connectivity index (χ3n) is 7.07. The van der Waals surface area contributed by atoms with Gasteiger partial charge in [0.2, 0.25) is 11.8 Å². The normalized spacial score (nSPS) is 19.1. The molecule has 2 aliphatic heterocycles. The van der Waals surface area contributed by atoms with Crippen LogP contribution in [0.15, 0.2) is 66.7 Å². The van der Waals surface area contributed by atoms with Crippen LogP contribution in [0.4, 0.5) is 15.9 Å². The van der Waals surface area contributed by atoms with Crippen LogP contribution in [0.1, 0.15) is 41.8 Å². The Kier molecular flexibility index (Phi) is 5.54. The maximum Gasteiger partial charge on any atom is 0.244 e. The number of hydrogen-bond acceptors (Lipinski definition) is 4. The van der Waals surface area contributed by atoms with Crippen molar-refractivity contribution in [3.63, 3.8) is 0 Å². The van der Waals surface area contributed by atoms with Gasteiger partial charge < -0.3 is 10.2 Å². The quantitative estimate of drug-likeness (QED) is 0.373. The van der Waals surface area contributed by atoms with E-state index in [1.807, 2.05) is 19.1 Å². The van der Waals surface area contributed by atoms with Crippen LogP contribution in [0.2, 0.25) is 10.0 Å². The van der Waals surface area contributed by atoms with Gasteiger partial charge >= 0.3 is 0 Å². The molecule has 3 heterocycles. The van der Waals surface area contributed by atoms with E-state index in [0.29, 0.717) is 32.8 Å². The molecular formula is C27H20Cl2FN5O2. The van der Waals surface area contributed by atoms with Crippen molar-refractivity contribution >= 4 is 46.5 Å². The number of anilines is 2.